The van der Waals surface area contributed by atoms with Gasteiger partial charge < -0.3 is 15.2 Å². The molecule has 0 bridgehead atoms. The van der Waals surface area contributed by atoms with Crippen LogP contribution in [0.2, 0.25) is 0 Å². The molecular weight excluding hydrogens is 262 g/mol. The van der Waals surface area contributed by atoms with E-state index in [-0.39, 0.29) is 12.0 Å². The maximum Gasteiger partial charge on any atom is 0.118 e. The van der Waals surface area contributed by atoms with E-state index in [0.717, 1.165) is 23.5 Å². The molecule has 0 aliphatic heterocycles. The van der Waals surface area contributed by atoms with Crippen molar-refractivity contribution >= 4 is 0 Å². The molecule has 2 aromatic carbocycles. The SMILES string of the molecule is CC[C@H](c1ccc(OC)cc1)[C@H](N)c1ccc(OC)cc1. The third kappa shape index (κ3) is 3.56. The highest BCUT2D eigenvalue weighted by Crippen LogP contribution is 2.33. The van der Waals surface area contributed by atoms with Crippen molar-refractivity contribution in [2.24, 2.45) is 5.73 Å². The fourth-order valence-corrected chi connectivity index (χ4v) is 2.61. The molecule has 2 aromatic rings. The summed E-state index contributed by atoms with van der Waals surface area (Å²) in [5.74, 6) is 2.00. The van der Waals surface area contributed by atoms with Crippen molar-refractivity contribution < 1.29 is 9.47 Å². The minimum absolute atomic E-state index is 0.0331. The zero-order chi connectivity index (χ0) is 15.2. The molecule has 21 heavy (non-hydrogen) atoms. The lowest BCUT2D eigenvalue weighted by Gasteiger charge is -2.24. The monoisotopic (exact) mass is 285 g/mol. The molecule has 0 heterocycles. The molecule has 2 rings (SSSR count). The molecule has 0 saturated carbocycles. The van der Waals surface area contributed by atoms with Crippen molar-refractivity contribution in [3.05, 3.63) is 59.7 Å². The van der Waals surface area contributed by atoms with E-state index >= 15 is 0 Å². The van der Waals surface area contributed by atoms with Crippen molar-refractivity contribution in [3.8, 4) is 11.5 Å². The second kappa shape index (κ2) is 7.14. The van der Waals surface area contributed by atoms with Gasteiger partial charge in [-0.3, -0.25) is 0 Å². The Kier molecular flexibility index (Phi) is 5.23. The van der Waals surface area contributed by atoms with Gasteiger partial charge in [0.05, 0.1) is 14.2 Å². The number of benzene rings is 2. The molecule has 0 aliphatic rings. The third-order valence-corrected chi connectivity index (χ3v) is 3.92. The first-order valence-electron chi connectivity index (χ1n) is 7.23. The number of rotatable bonds is 6. The van der Waals surface area contributed by atoms with Gasteiger partial charge in [-0.05, 0) is 41.8 Å². The smallest absolute Gasteiger partial charge is 0.118 e. The molecule has 0 radical (unpaired) electrons. The Morgan fingerprint density at radius 1 is 0.810 bits per heavy atom. The Morgan fingerprint density at radius 3 is 1.62 bits per heavy atom. The molecule has 0 unspecified atom stereocenters. The van der Waals surface area contributed by atoms with E-state index in [1.54, 1.807) is 14.2 Å². The second-order valence-electron chi connectivity index (χ2n) is 5.09. The van der Waals surface area contributed by atoms with Gasteiger partial charge in [0.15, 0.2) is 0 Å². The van der Waals surface area contributed by atoms with Crippen LogP contribution in [0.5, 0.6) is 11.5 Å². The maximum atomic E-state index is 6.47. The molecule has 3 heteroatoms. The molecule has 0 aliphatic carbocycles. The van der Waals surface area contributed by atoms with Crippen LogP contribution in [0.15, 0.2) is 48.5 Å². The number of methoxy groups -OCH3 is 2. The fraction of sp³-hybridized carbons (Fsp3) is 0.333. The van der Waals surface area contributed by atoms with Crippen molar-refractivity contribution in [2.75, 3.05) is 14.2 Å². The van der Waals surface area contributed by atoms with Gasteiger partial charge in [0.25, 0.3) is 0 Å². The molecule has 2 atom stereocenters. The number of nitrogens with two attached hydrogens (primary N) is 1. The third-order valence-electron chi connectivity index (χ3n) is 3.92. The zero-order valence-corrected chi connectivity index (χ0v) is 12.9. The standard InChI is InChI=1S/C18H23NO2/c1-4-17(13-5-9-15(20-2)10-6-13)18(19)14-7-11-16(21-3)12-8-14/h5-12,17-18H,4,19H2,1-3H3/t17-,18-/m1/s1. The molecule has 0 spiro atoms. The van der Waals surface area contributed by atoms with Crippen LogP contribution >= 0.6 is 0 Å². The molecule has 3 nitrogen and oxygen atoms in total. The van der Waals surface area contributed by atoms with Gasteiger partial charge in [0.1, 0.15) is 11.5 Å². The van der Waals surface area contributed by atoms with Crippen molar-refractivity contribution in [2.45, 2.75) is 25.3 Å². The largest absolute Gasteiger partial charge is 0.497 e. The Hall–Kier alpha value is -2.00. The minimum atomic E-state index is -0.0331. The molecule has 0 amide bonds. The predicted molar refractivity (Wildman–Crippen MR) is 85.9 cm³/mol. The lowest BCUT2D eigenvalue weighted by molar-refractivity contribution is 0.413. The Morgan fingerprint density at radius 2 is 1.24 bits per heavy atom. The van der Waals surface area contributed by atoms with E-state index in [0.29, 0.717) is 0 Å². The van der Waals surface area contributed by atoms with Crippen LogP contribution < -0.4 is 15.2 Å². The highest BCUT2D eigenvalue weighted by atomic mass is 16.5. The molecular formula is C18H23NO2. The normalized spacial score (nSPS) is 13.5. The van der Waals surface area contributed by atoms with E-state index in [1.165, 1.54) is 5.56 Å². The quantitative estimate of drug-likeness (QED) is 0.875. The number of ether oxygens (including phenoxy) is 2. The van der Waals surface area contributed by atoms with Crippen molar-refractivity contribution in [1.29, 1.82) is 0 Å². The summed E-state index contributed by atoms with van der Waals surface area (Å²) in [5.41, 5.74) is 8.83. The van der Waals surface area contributed by atoms with E-state index < -0.39 is 0 Å². The van der Waals surface area contributed by atoms with Gasteiger partial charge in [-0.15, -0.1) is 0 Å². The number of hydrogen-bond acceptors (Lipinski definition) is 3. The van der Waals surface area contributed by atoms with E-state index in [2.05, 4.69) is 19.1 Å². The summed E-state index contributed by atoms with van der Waals surface area (Å²) in [6, 6.07) is 16.1. The van der Waals surface area contributed by atoms with Crippen molar-refractivity contribution in [1.82, 2.24) is 0 Å². The molecule has 0 saturated heterocycles. The summed E-state index contributed by atoms with van der Waals surface area (Å²) in [7, 11) is 3.34. The first-order chi connectivity index (χ1) is 10.2. The van der Waals surface area contributed by atoms with Crippen LogP contribution in [0.1, 0.15) is 36.4 Å². The lowest BCUT2D eigenvalue weighted by Crippen LogP contribution is -2.19. The first-order valence-corrected chi connectivity index (χ1v) is 7.23. The van der Waals surface area contributed by atoms with Gasteiger partial charge in [-0.25, -0.2) is 0 Å². The second-order valence-corrected chi connectivity index (χ2v) is 5.09. The van der Waals surface area contributed by atoms with Gasteiger partial charge in [-0.2, -0.15) is 0 Å². The minimum Gasteiger partial charge on any atom is -0.497 e. The van der Waals surface area contributed by atoms with Gasteiger partial charge in [0.2, 0.25) is 0 Å². The zero-order valence-electron chi connectivity index (χ0n) is 12.9. The molecule has 0 aromatic heterocycles. The van der Waals surface area contributed by atoms with E-state index in [1.807, 2.05) is 36.4 Å². The Bertz CT molecular complexity index is 548. The topological polar surface area (TPSA) is 44.5 Å². The lowest BCUT2D eigenvalue weighted by atomic mass is 9.86. The fourth-order valence-electron chi connectivity index (χ4n) is 2.61. The maximum absolute atomic E-state index is 6.47. The van der Waals surface area contributed by atoms with Crippen LogP contribution in [-0.4, -0.2) is 14.2 Å². The molecule has 112 valence electrons. The van der Waals surface area contributed by atoms with E-state index in [4.69, 9.17) is 15.2 Å². The number of hydrogen-bond donors (Lipinski definition) is 1. The average Bonchev–Trinajstić information content (AvgIpc) is 2.56. The van der Waals surface area contributed by atoms with Crippen LogP contribution in [0.4, 0.5) is 0 Å². The molecule has 2 N–H and O–H groups in total. The van der Waals surface area contributed by atoms with Crippen LogP contribution in [0.3, 0.4) is 0 Å². The summed E-state index contributed by atoms with van der Waals surface area (Å²) >= 11 is 0. The summed E-state index contributed by atoms with van der Waals surface area (Å²) < 4.78 is 10.4. The van der Waals surface area contributed by atoms with Gasteiger partial charge in [-0.1, -0.05) is 31.2 Å². The summed E-state index contributed by atoms with van der Waals surface area (Å²) in [6.45, 7) is 2.16. The van der Waals surface area contributed by atoms with Crippen LogP contribution in [0, 0.1) is 0 Å². The van der Waals surface area contributed by atoms with Gasteiger partial charge in [0, 0.05) is 12.0 Å². The summed E-state index contributed by atoms with van der Waals surface area (Å²) in [5, 5.41) is 0. The highest BCUT2D eigenvalue weighted by Gasteiger charge is 2.19. The van der Waals surface area contributed by atoms with Crippen molar-refractivity contribution in [3.63, 3.8) is 0 Å². The molecule has 0 fully saturated rings. The Labute approximate surface area is 126 Å². The predicted octanol–water partition coefficient (Wildman–Crippen LogP) is 3.90. The first kappa shape index (κ1) is 15.4. The summed E-state index contributed by atoms with van der Waals surface area (Å²) in [4.78, 5) is 0. The highest BCUT2D eigenvalue weighted by molar-refractivity contribution is 5.34. The van der Waals surface area contributed by atoms with E-state index in [9.17, 15) is 0 Å². The van der Waals surface area contributed by atoms with Crippen LogP contribution in [-0.2, 0) is 0 Å². The Balaban J connectivity index is 2.21. The summed E-state index contributed by atoms with van der Waals surface area (Å²) in [6.07, 6.45) is 0.986. The average molecular weight is 285 g/mol. The van der Waals surface area contributed by atoms with Gasteiger partial charge >= 0.3 is 0 Å². The van der Waals surface area contributed by atoms with Crippen LogP contribution in [0.25, 0.3) is 0 Å².